The largest absolute Gasteiger partial charge is 0.398 e. The van der Waals surface area contributed by atoms with Crippen LogP contribution in [0.4, 0.5) is 5.69 Å². The molecule has 2 N–H and O–H groups in total. The number of hydrogen-bond acceptors (Lipinski definition) is 3. The van der Waals surface area contributed by atoms with Crippen LogP contribution in [-0.4, -0.2) is 14.5 Å². The molecule has 23 heavy (non-hydrogen) atoms. The molecule has 0 radical (unpaired) electrons. The molecule has 0 atom stereocenters. The number of aromatic nitrogens is 3. The number of rotatable bonds is 1. The third kappa shape index (κ3) is 2.52. The van der Waals surface area contributed by atoms with E-state index in [4.69, 9.17) is 5.73 Å². The molecule has 3 heterocycles. The molecule has 0 saturated heterocycles. The fraction of sp³-hybridized carbons (Fsp3) is 0.158. The van der Waals surface area contributed by atoms with Gasteiger partial charge in [-0.2, -0.15) is 0 Å². The highest BCUT2D eigenvalue weighted by Crippen LogP contribution is 2.26. The summed E-state index contributed by atoms with van der Waals surface area (Å²) in [5.41, 5.74) is 9.13. The fourth-order valence-corrected chi connectivity index (χ4v) is 2.64. The quantitative estimate of drug-likeness (QED) is 0.527. The minimum Gasteiger partial charge on any atom is -0.398 e. The number of fused-ring (bicyclic) bond motifs is 2. The zero-order valence-electron chi connectivity index (χ0n) is 13.6. The second-order valence-corrected chi connectivity index (χ2v) is 5.18. The van der Waals surface area contributed by atoms with Crippen molar-refractivity contribution >= 4 is 27.4 Å². The summed E-state index contributed by atoms with van der Waals surface area (Å²) in [4.78, 5) is 8.74. The van der Waals surface area contributed by atoms with E-state index >= 15 is 0 Å². The molecule has 4 aromatic rings. The summed E-state index contributed by atoms with van der Waals surface area (Å²) in [6, 6.07) is 10.2. The Labute approximate surface area is 135 Å². The number of nitrogens with zero attached hydrogens (tertiary/aromatic N) is 3. The number of anilines is 1. The van der Waals surface area contributed by atoms with Gasteiger partial charge in [0.1, 0.15) is 5.82 Å². The second kappa shape index (κ2) is 6.08. The first-order chi connectivity index (χ1) is 11.2. The summed E-state index contributed by atoms with van der Waals surface area (Å²) in [7, 11) is 0. The molecular weight excluding hydrogens is 284 g/mol. The molecule has 4 heteroatoms. The van der Waals surface area contributed by atoms with Crippen molar-refractivity contribution in [3.05, 3.63) is 60.7 Å². The third-order valence-electron chi connectivity index (χ3n) is 3.89. The molecule has 0 saturated carbocycles. The molecular formula is C19H20N4. The van der Waals surface area contributed by atoms with Crippen molar-refractivity contribution in [3.8, 4) is 5.82 Å². The molecule has 3 aromatic heterocycles. The number of nitrogens with two attached hydrogens (primary N) is 1. The number of hydrogen-bond donors (Lipinski definition) is 1. The van der Waals surface area contributed by atoms with E-state index in [1.54, 1.807) is 6.20 Å². The van der Waals surface area contributed by atoms with Crippen LogP contribution >= 0.6 is 0 Å². The molecule has 116 valence electrons. The Hall–Kier alpha value is -2.88. The maximum Gasteiger partial charge on any atom is 0.137 e. The van der Waals surface area contributed by atoms with Gasteiger partial charge in [0.15, 0.2) is 0 Å². The van der Waals surface area contributed by atoms with E-state index in [1.165, 1.54) is 0 Å². The van der Waals surface area contributed by atoms with Crippen molar-refractivity contribution in [2.75, 3.05) is 5.73 Å². The highest BCUT2D eigenvalue weighted by Gasteiger charge is 2.07. The van der Waals surface area contributed by atoms with Crippen LogP contribution in [0.15, 0.2) is 55.1 Å². The van der Waals surface area contributed by atoms with Crippen LogP contribution in [-0.2, 0) is 0 Å². The van der Waals surface area contributed by atoms with Crippen molar-refractivity contribution in [1.82, 2.24) is 14.5 Å². The van der Waals surface area contributed by atoms with E-state index in [-0.39, 0.29) is 0 Å². The second-order valence-electron chi connectivity index (χ2n) is 5.18. The van der Waals surface area contributed by atoms with E-state index in [0.717, 1.165) is 38.7 Å². The zero-order chi connectivity index (χ0) is 16.4. The van der Waals surface area contributed by atoms with E-state index < -0.39 is 0 Å². The molecule has 0 aliphatic carbocycles. The van der Waals surface area contributed by atoms with Gasteiger partial charge < -0.3 is 5.73 Å². The van der Waals surface area contributed by atoms with Crippen LogP contribution in [0.25, 0.3) is 27.5 Å². The van der Waals surface area contributed by atoms with Gasteiger partial charge in [0, 0.05) is 40.4 Å². The maximum atomic E-state index is 6.20. The normalized spacial score (nSPS) is 10.6. The first kappa shape index (κ1) is 15.0. The Balaban J connectivity index is 0.000000753. The van der Waals surface area contributed by atoms with Crippen LogP contribution in [0.3, 0.4) is 0 Å². The van der Waals surface area contributed by atoms with Gasteiger partial charge in [-0.3, -0.25) is 9.55 Å². The molecule has 0 unspecified atom stereocenters. The highest BCUT2D eigenvalue weighted by atomic mass is 15.1. The fourth-order valence-electron chi connectivity index (χ4n) is 2.64. The van der Waals surface area contributed by atoms with E-state index in [2.05, 4.69) is 16.0 Å². The van der Waals surface area contributed by atoms with Gasteiger partial charge in [-0.1, -0.05) is 26.0 Å². The molecule has 0 aliphatic rings. The Morgan fingerprint density at radius 1 is 1.00 bits per heavy atom. The Kier molecular flexibility index (Phi) is 3.98. The summed E-state index contributed by atoms with van der Waals surface area (Å²) >= 11 is 0. The third-order valence-corrected chi connectivity index (χ3v) is 3.89. The van der Waals surface area contributed by atoms with E-state index in [1.807, 2.05) is 68.2 Å². The lowest BCUT2D eigenvalue weighted by Gasteiger charge is -2.09. The average molecular weight is 304 g/mol. The number of nitrogen functional groups attached to an aromatic ring is 1. The van der Waals surface area contributed by atoms with Crippen LogP contribution in [0, 0.1) is 6.92 Å². The molecule has 0 spiro atoms. The van der Waals surface area contributed by atoms with Gasteiger partial charge in [0.05, 0.1) is 11.7 Å². The van der Waals surface area contributed by atoms with E-state index in [0.29, 0.717) is 0 Å². The number of pyridine rings is 2. The van der Waals surface area contributed by atoms with Gasteiger partial charge in [0.2, 0.25) is 0 Å². The van der Waals surface area contributed by atoms with Crippen LogP contribution in [0.2, 0.25) is 0 Å². The Morgan fingerprint density at radius 3 is 2.65 bits per heavy atom. The zero-order valence-corrected chi connectivity index (χ0v) is 13.6. The lowest BCUT2D eigenvalue weighted by atomic mass is 10.1. The lowest BCUT2D eigenvalue weighted by molar-refractivity contribution is 1.05. The Morgan fingerprint density at radius 2 is 1.83 bits per heavy atom. The van der Waals surface area contributed by atoms with Crippen LogP contribution in [0.1, 0.15) is 19.4 Å². The highest BCUT2D eigenvalue weighted by molar-refractivity contribution is 5.95. The number of aryl methyl sites for hydroxylation is 1. The predicted octanol–water partition coefficient (Wildman–Crippen LogP) is 4.49. The molecule has 0 bridgehead atoms. The SMILES string of the molecule is CC.Cc1ccc2cnc(-n3ccc4ccncc43)cc2c1N. The standard InChI is InChI=1S/C17H14N4.C2H6/c1-11-2-3-13-9-20-16(8-14(13)17(11)18)21-7-5-12-4-6-19-10-15(12)21;1-2/h2-10H,18H2,1H3;1-2H3. The molecule has 4 rings (SSSR count). The average Bonchev–Trinajstić information content (AvgIpc) is 3.04. The molecule has 0 aliphatic heterocycles. The molecule has 4 nitrogen and oxygen atoms in total. The van der Waals surface area contributed by atoms with E-state index in [9.17, 15) is 0 Å². The summed E-state index contributed by atoms with van der Waals surface area (Å²) < 4.78 is 2.03. The van der Waals surface area contributed by atoms with Gasteiger partial charge in [-0.05, 0) is 30.7 Å². The van der Waals surface area contributed by atoms with Crippen molar-refractivity contribution < 1.29 is 0 Å². The summed E-state index contributed by atoms with van der Waals surface area (Å²) in [6.07, 6.45) is 7.51. The van der Waals surface area contributed by atoms with Crippen LogP contribution < -0.4 is 5.73 Å². The Bertz CT molecular complexity index is 970. The lowest BCUT2D eigenvalue weighted by Crippen LogP contribution is -1.98. The van der Waals surface area contributed by atoms with Crippen molar-refractivity contribution in [2.24, 2.45) is 0 Å². The first-order valence-electron chi connectivity index (χ1n) is 7.80. The topological polar surface area (TPSA) is 56.7 Å². The van der Waals surface area contributed by atoms with Crippen molar-refractivity contribution in [1.29, 1.82) is 0 Å². The van der Waals surface area contributed by atoms with Crippen molar-refractivity contribution in [3.63, 3.8) is 0 Å². The predicted molar refractivity (Wildman–Crippen MR) is 96.9 cm³/mol. The van der Waals surface area contributed by atoms with Gasteiger partial charge >= 0.3 is 0 Å². The summed E-state index contributed by atoms with van der Waals surface area (Å²) in [5, 5.41) is 3.23. The minimum atomic E-state index is 0.811. The van der Waals surface area contributed by atoms with Crippen molar-refractivity contribution in [2.45, 2.75) is 20.8 Å². The van der Waals surface area contributed by atoms with Gasteiger partial charge in [0.25, 0.3) is 0 Å². The minimum absolute atomic E-state index is 0.811. The summed E-state index contributed by atoms with van der Waals surface area (Å²) in [6.45, 7) is 6.02. The first-order valence-corrected chi connectivity index (χ1v) is 7.80. The van der Waals surface area contributed by atoms with Crippen LogP contribution in [0.5, 0.6) is 0 Å². The smallest absolute Gasteiger partial charge is 0.137 e. The number of benzene rings is 1. The summed E-state index contributed by atoms with van der Waals surface area (Å²) in [5.74, 6) is 0.850. The van der Waals surface area contributed by atoms with Gasteiger partial charge in [-0.25, -0.2) is 4.98 Å². The van der Waals surface area contributed by atoms with Gasteiger partial charge in [-0.15, -0.1) is 0 Å². The molecule has 1 aromatic carbocycles. The monoisotopic (exact) mass is 304 g/mol. The maximum absolute atomic E-state index is 6.20. The molecule has 0 amide bonds. The molecule has 0 fully saturated rings.